The minimum Gasteiger partial charge on any atom is -0.493 e. The van der Waals surface area contributed by atoms with E-state index in [0.29, 0.717) is 30.9 Å². The quantitative estimate of drug-likeness (QED) is 0.868. The van der Waals surface area contributed by atoms with Crippen molar-refractivity contribution in [2.45, 2.75) is 38.1 Å². The van der Waals surface area contributed by atoms with Gasteiger partial charge in [0.05, 0.1) is 14.2 Å². The number of nitrogens with zero attached hydrogens (tertiary/aromatic N) is 1. The Kier molecular flexibility index (Phi) is 5.13. The zero-order chi connectivity index (χ0) is 17.0. The van der Waals surface area contributed by atoms with Gasteiger partial charge in [0.25, 0.3) is 0 Å². The van der Waals surface area contributed by atoms with Crippen LogP contribution < -0.4 is 9.47 Å². The van der Waals surface area contributed by atoms with E-state index in [1.54, 1.807) is 27.2 Å². The fraction of sp³-hybridized carbons (Fsp3) is 0.529. The van der Waals surface area contributed by atoms with Gasteiger partial charge in [-0.2, -0.15) is 0 Å². The highest BCUT2D eigenvalue weighted by Gasteiger charge is 2.45. The monoisotopic (exact) mass is 321 g/mol. The predicted octanol–water partition coefficient (Wildman–Crippen LogP) is 2.10. The van der Waals surface area contributed by atoms with E-state index in [1.165, 1.54) is 4.90 Å². The fourth-order valence-corrected chi connectivity index (χ4v) is 3.01. The lowest BCUT2D eigenvalue weighted by Gasteiger charge is -2.31. The summed E-state index contributed by atoms with van der Waals surface area (Å²) in [7, 11) is 3.14. The molecule has 1 aromatic rings. The maximum atomic E-state index is 12.4. The van der Waals surface area contributed by atoms with Crippen LogP contribution in [0.15, 0.2) is 18.2 Å². The van der Waals surface area contributed by atoms with Crippen LogP contribution in [0.4, 0.5) is 0 Å². The molecule has 0 aromatic heterocycles. The molecular weight excluding hydrogens is 298 g/mol. The van der Waals surface area contributed by atoms with Crippen molar-refractivity contribution >= 4 is 11.9 Å². The lowest BCUT2D eigenvalue weighted by molar-refractivity contribution is -0.155. The van der Waals surface area contributed by atoms with Crippen LogP contribution in [0.5, 0.6) is 11.5 Å². The maximum Gasteiger partial charge on any atom is 0.329 e. The summed E-state index contributed by atoms with van der Waals surface area (Å²) in [6.45, 7) is 2.13. The number of aliphatic carboxylic acids is 1. The number of hydrogen-bond acceptors (Lipinski definition) is 4. The first-order valence-electron chi connectivity index (χ1n) is 7.67. The van der Waals surface area contributed by atoms with Crippen LogP contribution in [0.3, 0.4) is 0 Å². The molecule has 1 unspecified atom stereocenters. The number of ether oxygens (including phenoxy) is 2. The highest BCUT2D eigenvalue weighted by molar-refractivity contribution is 5.87. The lowest BCUT2D eigenvalue weighted by atomic mass is 9.98. The molecule has 1 fully saturated rings. The number of carbonyl (C=O) groups excluding carboxylic acids is 1. The summed E-state index contributed by atoms with van der Waals surface area (Å²) in [6, 6.07) is 5.53. The SMILES string of the molecule is COc1ccc(CCC(=O)N2CCCC2(C)C(=O)O)cc1OC. The number of carboxylic acid groups (broad SMARTS) is 1. The van der Waals surface area contributed by atoms with Gasteiger partial charge in [0.1, 0.15) is 5.54 Å². The summed E-state index contributed by atoms with van der Waals surface area (Å²) in [5, 5.41) is 9.38. The first-order chi connectivity index (χ1) is 10.9. The number of rotatable bonds is 6. The molecule has 0 saturated carbocycles. The van der Waals surface area contributed by atoms with Crippen molar-refractivity contribution in [3.8, 4) is 11.5 Å². The summed E-state index contributed by atoms with van der Waals surface area (Å²) < 4.78 is 10.4. The van der Waals surface area contributed by atoms with E-state index in [9.17, 15) is 14.7 Å². The van der Waals surface area contributed by atoms with Crippen molar-refractivity contribution in [1.82, 2.24) is 4.90 Å². The summed E-state index contributed by atoms with van der Waals surface area (Å²) in [4.78, 5) is 25.4. The largest absolute Gasteiger partial charge is 0.493 e. The molecule has 6 nitrogen and oxygen atoms in total. The average Bonchev–Trinajstić information content (AvgIpc) is 2.95. The molecule has 126 valence electrons. The molecule has 1 atom stereocenters. The van der Waals surface area contributed by atoms with Crippen molar-refractivity contribution in [2.75, 3.05) is 20.8 Å². The van der Waals surface area contributed by atoms with Crippen LogP contribution in [0.1, 0.15) is 31.7 Å². The molecule has 1 N–H and O–H groups in total. The zero-order valence-corrected chi connectivity index (χ0v) is 13.8. The third-order valence-electron chi connectivity index (χ3n) is 4.48. The van der Waals surface area contributed by atoms with E-state index in [1.807, 2.05) is 12.1 Å². The Morgan fingerprint density at radius 1 is 1.26 bits per heavy atom. The second-order valence-corrected chi connectivity index (χ2v) is 5.92. The number of amides is 1. The topological polar surface area (TPSA) is 76.1 Å². The Hall–Kier alpha value is -2.24. The van der Waals surface area contributed by atoms with E-state index >= 15 is 0 Å². The van der Waals surface area contributed by atoms with Crippen molar-refractivity contribution in [2.24, 2.45) is 0 Å². The fourth-order valence-electron chi connectivity index (χ4n) is 3.01. The predicted molar refractivity (Wildman–Crippen MR) is 84.9 cm³/mol. The zero-order valence-electron chi connectivity index (χ0n) is 13.8. The summed E-state index contributed by atoms with van der Waals surface area (Å²) in [6.07, 6.45) is 2.04. The molecule has 1 aromatic carbocycles. The van der Waals surface area contributed by atoms with Gasteiger partial charge < -0.3 is 19.5 Å². The number of methoxy groups -OCH3 is 2. The van der Waals surface area contributed by atoms with Gasteiger partial charge in [-0.1, -0.05) is 6.07 Å². The molecule has 2 rings (SSSR count). The van der Waals surface area contributed by atoms with E-state index in [-0.39, 0.29) is 12.3 Å². The second-order valence-electron chi connectivity index (χ2n) is 5.92. The van der Waals surface area contributed by atoms with E-state index < -0.39 is 11.5 Å². The normalized spacial score (nSPS) is 20.4. The van der Waals surface area contributed by atoms with Crippen molar-refractivity contribution < 1.29 is 24.2 Å². The Morgan fingerprint density at radius 2 is 1.96 bits per heavy atom. The van der Waals surface area contributed by atoms with Crippen LogP contribution in [0, 0.1) is 0 Å². The molecule has 0 bridgehead atoms. The molecule has 1 aliphatic heterocycles. The maximum absolute atomic E-state index is 12.4. The molecule has 0 radical (unpaired) electrons. The lowest BCUT2D eigenvalue weighted by Crippen LogP contribution is -2.50. The van der Waals surface area contributed by atoms with Gasteiger partial charge in [0.2, 0.25) is 5.91 Å². The van der Waals surface area contributed by atoms with Gasteiger partial charge in [-0.25, -0.2) is 4.79 Å². The number of hydrogen-bond donors (Lipinski definition) is 1. The summed E-state index contributed by atoms with van der Waals surface area (Å²) >= 11 is 0. The molecule has 1 amide bonds. The number of aryl methyl sites for hydroxylation is 1. The number of carboxylic acids is 1. The Balaban J connectivity index is 2.03. The van der Waals surface area contributed by atoms with Crippen LogP contribution in [-0.2, 0) is 16.0 Å². The molecule has 23 heavy (non-hydrogen) atoms. The van der Waals surface area contributed by atoms with Gasteiger partial charge in [0.15, 0.2) is 11.5 Å². The minimum atomic E-state index is -1.07. The Morgan fingerprint density at radius 3 is 2.57 bits per heavy atom. The van der Waals surface area contributed by atoms with Crippen molar-refractivity contribution in [3.63, 3.8) is 0 Å². The second kappa shape index (κ2) is 6.89. The number of likely N-dealkylation sites (tertiary alicyclic amines) is 1. The first kappa shape index (κ1) is 17.1. The van der Waals surface area contributed by atoms with Gasteiger partial charge in [-0.3, -0.25) is 4.79 Å². The summed E-state index contributed by atoms with van der Waals surface area (Å²) in [5.41, 5.74) is -0.124. The van der Waals surface area contributed by atoms with Gasteiger partial charge >= 0.3 is 5.97 Å². The summed E-state index contributed by atoms with van der Waals surface area (Å²) in [5.74, 6) is 0.200. The first-order valence-corrected chi connectivity index (χ1v) is 7.67. The smallest absolute Gasteiger partial charge is 0.329 e. The molecule has 0 aliphatic carbocycles. The Bertz CT molecular complexity index is 601. The van der Waals surface area contributed by atoms with E-state index in [0.717, 1.165) is 12.0 Å². The number of carbonyl (C=O) groups is 2. The standard InChI is InChI=1S/C17H23NO5/c1-17(16(20)21)9-4-10-18(17)15(19)8-6-12-5-7-13(22-2)14(11-12)23-3/h5,7,11H,4,6,8-10H2,1-3H3,(H,20,21). The highest BCUT2D eigenvalue weighted by Crippen LogP contribution is 2.31. The van der Waals surface area contributed by atoms with Gasteiger partial charge in [-0.15, -0.1) is 0 Å². The molecule has 6 heteroatoms. The molecule has 1 aliphatic rings. The molecule has 1 saturated heterocycles. The van der Waals surface area contributed by atoms with Crippen molar-refractivity contribution in [3.05, 3.63) is 23.8 Å². The molecule has 1 heterocycles. The average molecular weight is 321 g/mol. The van der Waals surface area contributed by atoms with Crippen LogP contribution >= 0.6 is 0 Å². The van der Waals surface area contributed by atoms with Crippen LogP contribution in [-0.4, -0.2) is 48.2 Å². The van der Waals surface area contributed by atoms with E-state index in [2.05, 4.69) is 0 Å². The van der Waals surface area contributed by atoms with Crippen LogP contribution in [0.25, 0.3) is 0 Å². The van der Waals surface area contributed by atoms with Crippen molar-refractivity contribution in [1.29, 1.82) is 0 Å². The minimum absolute atomic E-state index is 0.123. The molecular formula is C17H23NO5. The Labute approximate surface area is 136 Å². The third-order valence-corrected chi connectivity index (χ3v) is 4.48. The third kappa shape index (κ3) is 3.41. The van der Waals surface area contributed by atoms with Crippen LogP contribution in [0.2, 0.25) is 0 Å². The van der Waals surface area contributed by atoms with Gasteiger partial charge in [-0.05, 0) is 43.9 Å². The molecule has 0 spiro atoms. The number of benzene rings is 1. The van der Waals surface area contributed by atoms with E-state index in [4.69, 9.17) is 9.47 Å². The van der Waals surface area contributed by atoms with Gasteiger partial charge in [0, 0.05) is 13.0 Å². The highest BCUT2D eigenvalue weighted by atomic mass is 16.5.